The lowest BCUT2D eigenvalue weighted by atomic mass is 10.0. The average molecular weight is 217 g/mol. The Morgan fingerprint density at radius 2 is 2.12 bits per heavy atom. The SMILES string of the molecule is CCc1cn(C)c2c(C)c(C(=O)O)ccc12. The van der Waals surface area contributed by atoms with E-state index < -0.39 is 5.97 Å². The number of carboxylic acids is 1. The molecule has 2 rings (SSSR count). The molecule has 1 aromatic carbocycles. The molecular formula is C13H15NO2. The molecule has 84 valence electrons. The number of rotatable bonds is 2. The van der Waals surface area contributed by atoms with Gasteiger partial charge in [0.15, 0.2) is 0 Å². The molecule has 3 nitrogen and oxygen atoms in total. The summed E-state index contributed by atoms with van der Waals surface area (Å²) in [6.07, 6.45) is 3.03. The summed E-state index contributed by atoms with van der Waals surface area (Å²) in [6, 6.07) is 3.60. The van der Waals surface area contributed by atoms with Gasteiger partial charge in [-0.3, -0.25) is 0 Å². The molecule has 0 aliphatic rings. The Balaban J connectivity index is 2.84. The lowest BCUT2D eigenvalue weighted by molar-refractivity contribution is 0.0696. The van der Waals surface area contributed by atoms with E-state index in [1.54, 1.807) is 6.07 Å². The monoisotopic (exact) mass is 217 g/mol. The van der Waals surface area contributed by atoms with Gasteiger partial charge in [-0.05, 0) is 30.5 Å². The molecular weight excluding hydrogens is 202 g/mol. The van der Waals surface area contributed by atoms with Gasteiger partial charge in [0.25, 0.3) is 0 Å². The summed E-state index contributed by atoms with van der Waals surface area (Å²) in [6.45, 7) is 3.97. The maximum Gasteiger partial charge on any atom is 0.336 e. The van der Waals surface area contributed by atoms with Gasteiger partial charge in [-0.1, -0.05) is 13.0 Å². The lowest BCUT2D eigenvalue weighted by Crippen LogP contribution is -2.01. The molecule has 0 aliphatic heterocycles. The van der Waals surface area contributed by atoms with Crippen molar-refractivity contribution in [3.05, 3.63) is 35.0 Å². The highest BCUT2D eigenvalue weighted by molar-refractivity contribution is 5.97. The number of carbonyl (C=O) groups is 1. The van der Waals surface area contributed by atoms with E-state index in [4.69, 9.17) is 5.11 Å². The normalized spacial score (nSPS) is 10.9. The average Bonchev–Trinajstić information content (AvgIpc) is 2.56. The van der Waals surface area contributed by atoms with E-state index in [0.717, 1.165) is 22.9 Å². The third-order valence-corrected chi connectivity index (χ3v) is 3.09. The van der Waals surface area contributed by atoms with Gasteiger partial charge < -0.3 is 9.67 Å². The standard InChI is InChI=1S/C13H15NO2/c1-4-9-7-14(3)12-8(2)10(13(15)16)5-6-11(9)12/h5-7H,4H2,1-3H3,(H,15,16). The summed E-state index contributed by atoms with van der Waals surface area (Å²) in [7, 11) is 1.96. The fraction of sp³-hybridized carbons (Fsp3) is 0.308. The lowest BCUT2D eigenvalue weighted by Gasteiger charge is -2.05. The summed E-state index contributed by atoms with van der Waals surface area (Å²) in [5, 5.41) is 10.2. The maximum atomic E-state index is 11.0. The van der Waals surface area contributed by atoms with Gasteiger partial charge in [0, 0.05) is 18.6 Å². The molecule has 0 amide bonds. The van der Waals surface area contributed by atoms with Gasteiger partial charge in [-0.2, -0.15) is 0 Å². The molecule has 1 heterocycles. The van der Waals surface area contributed by atoms with Crippen molar-refractivity contribution >= 4 is 16.9 Å². The predicted molar refractivity (Wildman–Crippen MR) is 64.0 cm³/mol. The van der Waals surface area contributed by atoms with Gasteiger partial charge in [0.1, 0.15) is 0 Å². The molecule has 1 N–H and O–H groups in total. The second-order valence-electron chi connectivity index (χ2n) is 4.06. The number of nitrogens with zero attached hydrogens (tertiary/aromatic N) is 1. The van der Waals surface area contributed by atoms with E-state index in [0.29, 0.717) is 5.56 Å². The molecule has 0 saturated heterocycles. The maximum absolute atomic E-state index is 11.0. The molecule has 0 radical (unpaired) electrons. The van der Waals surface area contributed by atoms with Crippen LogP contribution >= 0.6 is 0 Å². The van der Waals surface area contributed by atoms with E-state index in [-0.39, 0.29) is 0 Å². The van der Waals surface area contributed by atoms with Crippen LogP contribution in [-0.2, 0) is 13.5 Å². The first-order valence-corrected chi connectivity index (χ1v) is 5.37. The third kappa shape index (κ3) is 1.40. The van der Waals surface area contributed by atoms with Crippen LogP contribution in [0.15, 0.2) is 18.3 Å². The van der Waals surface area contributed by atoms with Crippen molar-refractivity contribution in [1.82, 2.24) is 4.57 Å². The predicted octanol–water partition coefficient (Wildman–Crippen LogP) is 2.75. The summed E-state index contributed by atoms with van der Waals surface area (Å²) in [5.74, 6) is -0.862. The summed E-state index contributed by atoms with van der Waals surface area (Å²) < 4.78 is 2.01. The Morgan fingerprint density at radius 1 is 1.44 bits per heavy atom. The van der Waals surface area contributed by atoms with Crippen LogP contribution in [0.4, 0.5) is 0 Å². The highest BCUT2D eigenvalue weighted by atomic mass is 16.4. The summed E-state index contributed by atoms with van der Waals surface area (Å²) >= 11 is 0. The van der Waals surface area contributed by atoms with E-state index in [1.807, 2.05) is 24.6 Å². The van der Waals surface area contributed by atoms with E-state index >= 15 is 0 Å². The fourth-order valence-electron chi connectivity index (χ4n) is 2.30. The number of fused-ring (bicyclic) bond motifs is 1. The second-order valence-corrected chi connectivity index (χ2v) is 4.06. The van der Waals surface area contributed by atoms with Crippen molar-refractivity contribution in [2.24, 2.45) is 7.05 Å². The largest absolute Gasteiger partial charge is 0.478 e. The van der Waals surface area contributed by atoms with Crippen LogP contribution in [0.3, 0.4) is 0 Å². The second kappa shape index (κ2) is 3.67. The zero-order valence-electron chi connectivity index (χ0n) is 9.74. The van der Waals surface area contributed by atoms with Crippen LogP contribution in [0, 0.1) is 6.92 Å². The van der Waals surface area contributed by atoms with E-state index in [9.17, 15) is 4.79 Å². The summed E-state index contributed by atoms with van der Waals surface area (Å²) in [4.78, 5) is 11.0. The van der Waals surface area contributed by atoms with Crippen molar-refractivity contribution < 1.29 is 9.90 Å². The van der Waals surface area contributed by atoms with Gasteiger partial charge in [0.2, 0.25) is 0 Å². The van der Waals surface area contributed by atoms with Crippen molar-refractivity contribution in [3.8, 4) is 0 Å². The molecule has 0 fully saturated rings. The first-order valence-electron chi connectivity index (χ1n) is 5.37. The molecule has 0 spiro atoms. The molecule has 1 aromatic heterocycles. The van der Waals surface area contributed by atoms with Crippen LogP contribution in [-0.4, -0.2) is 15.6 Å². The number of aryl methyl sites for hydroxylation is 3. The quantitative estimate of drug-likeness (QED) is 0.840. The first-order chi connectivity index (χ1) is 7.56. The zero-order chi connectivity index (χ0) is 11.9. The number of hydrogen-bond donors (Lipinski definition) is 1. The third-order valence-electron chi connectivity index (χ3n) is 3.09. The van der Waals surface area contributed by atoms with Crippen molar-refractivity contribution in [2.75, 3.05) is 0 Å². The minimum absolute atomic E-state index is 0.386. The highest BCUT2D eigenvalue weighted by Crippen LogP contribution is 2.26. The van der Waals surface area contributed by atoms with E-state index in [1.165, 1.54) is 5.56 Å². The molecule has 3 heteroatoms. The minimum Gasteiger partial charge on any atom is -0.478 e. The van der Waals surface area contributed by atoms with Crippen LogP contribution in [0.5, 0.6) is 0 Å². The molecule has 0 atom stereocenters. The topological polar surface area (TPSA) is 42.2 Å². The Bertz CT molecular complexity index is 567. The Kier molecular flexibility index (Phi) is 2.46. The van der Waals surface area contributed by atoms with Gasteiger partial charge in [-0.15, -0.1) is 0 Å². The van der Waals surface area contributed by atoms with Crippen molar-refractivity contribution in [3.63, 3.8) is 0 Å². The van der Waals surface area contributed by atoms with Crippen LogP contribution < -0.4 is 0 Å². The number of benzene rings is 1. The molecule has 0 bridgehead atoms. The Morgan fingerprint density at radius 3 is 2.69 bits per heavy atom. The molecule has 0 unspecified atom stereocenters. The number of aromatic nitrogens is 1. The number of hydrogen-bond acceptors (Lipinski definition) is 1. The molecule has 0 aliphatic carbocycles. The van der Waals surface area contributed by atoms with Gasteiger partial charge in [-0.25, -0.2) is 4.79 Å². The zero-order valence-corrected chi connectivity index (χ0v) is 9.74. The minimum atomic E-state index is -0.862. The molecule has 2 aromatic rings. The van der Waals surface area contributed by atoms with Crippen LogP contribution in [0.2, 0.25) is 0 Å². The fourth-order valence-corrected chi connectivity index (χ4v) is 2.30. The molecule has 16 heavy (non-hydrogen) atoms. The number of aromatic carboxylic acids is 1. The van der Waals surface area contributed by atoms with Crippen LogP contribution in [0.1, 0.15) is 28.4 Å². The highest BCUT2D eigenvalue weighted by Gasteiger charge is 2.13. The molecule has 0 saturated carbocycles. The van der Waals surface area contributed by atoms with Crippen LogP contribution in [0.25, 0.3) is 10.9 Å². The van der Waals surface area contributed by atoms with E-state index in [2.05, 4.69) is 13.1 Å². The smallest absolute Gasteiger partial charge is 0.336 e. The summed E-state index contributed by atoms with van der Waals surface area (Å²) in [5.41, 5.74) is 3.51. The van der Waals surface area contributed by atoms with Gasteiger partial charge in [0.05, 0.1) is 11.1 Å². The Labute approximate surface area is 94.3 Å². The van der Waals surface area contributed by atoms with Crippen molar-refractivity contribution in [1.29, 1.82) is 0 Å². The Hall–Kier alpha value is -1.77. The number of carboxylic acid groups (broad SMARTS) is 1. The van der Waals surface area contributed by atoms with Crippen molar-refractivity contribution in [2.45, 2.75) is 20.3 Å². The van der Waals surface area contributed by atoms with Gasteiger partial charge >= 0.3 is 5.97 Å². The first kappa shape index (κ1) is 10.7.